The number of hydrogen-bond acceptors (Lipinski definition) is 2. The molecule has 3 nitrogen and oxygen atoms in total. The summed E-state index contributed by atoms with van der Waals surface area (Å²) in [6.07, 6.45) is 0.414. The van der Waals surface area contributed by atoms with Gasteiger partial charge < -0.3 is 11.1 Å². The molecule has 0 heterocycles. The van der Waals surface area contributed by atoms with Crippen molar-refractivity contribution in [1.29, 1.82) is 0 Å². The van der Waals surface area contributed by atoms with E-state index in [0.29, 0.717) is 12.3 Å². The van der Waals surface area contributed by atoms with Crippen molar-refractivity contribution in [2.45, 2.75) is 33.2 Å². The van der Waals surface area contributed by atoms with Gasteiger partial charge in [0, 0.05) is 11.7 Å². The van der Waals surface area contributed by atoms with Gasteiger partial charge in [-0.3, -0.25) is 4.79 Å². The molecule has 96 valence electrons. The Balaban J connectivity index is 0.00000256. The Hall–Kier alpha value is -1.22. The molecule has 0 aliphatic heterocycles. The highest BCUT2D eigenvalue weighted by molar-refractivity contribution is 5.85. The zero-order valence-corrected chi connectivity index (χ0v) is 11.4. The number of carbonyl (C=O) groups excluding carboxylic acids is 1. The molecule has 17 heavy (non-hydrogen) atoms. The number of hydrogen-bond donors (Lipinski definition) is 2. The van der Waals surface area contributed by atoms with Crippen molar-refractivity contribution in [3.05, 3.63) is 29.8 Å². The Morgan fingerprint density at radius 3 is 2.24 bits per heavy atom. The van der Waals surface area contributed by atoms with Gasteiger partial charge in [0.1, 0.15) is 0 Å². The first-order valence-electron chi connectivity index (χ1n) is 5.63. The first-order chi connectivity index (χ1) is 7.49. The van der Waals surface area contributed by atoms with Crippen LogP contribution < -0.4 is 11.1 Å². The van der Waals surface area contributed by atoms with E-state index in [2.05, 4.69) is 19.2 Å². The number of benzene rings is 1. The SMILES string of the molecule is CC(C)C(C)NC(=O)Cc1ccc(N)cc1.Cl. The number of nitrogens with one attached hydrogen (secondary N) is 1. The van der Waals surface area contributed by atoms with Gasteiger partial charge in [-0.05, 0) is 30.5 Å². The van der Waals surface area contributed by atoms with Gasteiger partial charge in [0.15, 0.2) is 0 Å². The zero-order chi connectivity index (χ0) is 12.1. The average molecular weight is 257 g/mol. The van der Waals surface area contributed by atoms with E-state index in [1.54, 1.807) is 0 Å². The fraction of sp³-hybridized carbons (Fsp3) is 0.462. The van der Waals surface area contributed by atoms with Gasteiger partial charge in [-0.15, -0.1) is 12.4 Å². The second-order valence-corrected chi connectivity index (χ2v) is 4.52. The topological polar surface area (TPSA) is 55.1 Å². The molecule has 0 aromatic heterocycles. The number of nitrogen functional groups attached to an aromatic ring is 1. The summed E-state index contributed by atoms with van der Waals surface area (Å²) in [6, 6.07) is 7.61. The van der Waals surface area contributed by atoms with Gasteiger partial charge in [-0.25, -0.2) is 0 Å². The smallest absolute Gasteiger partial charge is 0.224 e. The van der Waals surface area contributed by atoms with E-state index in [-0.39, 0.29) is 24.4 Å². The maximum absolute atomic E-state index is 11.7. The maximum Gasteiger partial charge on any atom is 0.224 e. The number of nitrogens with two attached hydrogens (primary N) is 1. The minimum absolute atomic E-state index is 0. The molecule has 4 heteroatoms. The molecule has 0 bridgehead atoms. The van der Waals surface area contributed by atoms with Gasteiger partial charge in [0.05, 0.1) is 6.42 Å². The highest BCUT2D eigenvalue weighted by atomic mass is 35.5. The van der Waals surface area contributed by atoms with Gasteiger partial charge in [0.2, 0.25) is 5.91 Å². The van der Waals surface area contributed by atoms with E-state index in [4.69, 9.17) is 5.73 Å². The summed E-state index contributed by atoms with van der Waals surface area (Å²) in [5.41, 5.74) is 7.29. The Labute approximate surface area is 109 Å². The monoisotopic (exact) mass is 256 g/mol. The molecular formula is C13H21ClN2O. The summed E-state index contributed by atoms with van der Waals surface area (Å²) in [5, 5.41) is 2.97. The lowest BCUT2D eigenvalue weighted by atomic mass is 10.1. The summed E-state index contributed by atoms with van der Waals surface area (Å²) in [5.74, 6) is 0.515. The van der Waals surface area contributed by atoms with Crippen LogP contribution >= 0.6 is 12.4 Å². The van der Waals surface area contributed by atoms with Crippen molar-refractivity contribution < 1.29 is 4.79 Å². The molecule has 1 aromatic carbocycles. The summed E-state index contributed by atoms with van der Waals surface area (Å²) in [7, 11) is 0. The molecule has 0 spiro atoms. The average Bonchev–Trinajstić information content (AvgIpc) is 2.21. The molecule has 3 N–H and O–H groups in total. The van der Waals surface area contributed by atoms with E-state index in [0.717, 1.165) is 11.3 Å². The number of amides is 1. The molecule has 0 aliphatic carbocycles. The second-order valence-electron chi connectivity index (χ2n) is 4.52. The van der Waals surface area contributed by atoms with Crippen LogP contribution in [0.1, 0.15) is 26.3 Å². The van der Waals surface area contributed by atoms with Gasteiger partial charge >= 0.3 is 0 Å². The molecule has 1 rings (SSSR count). The molecule has 1 atom stereocenters. The highest BCUT2D eigenvalue weighted by Crippen LogP contribution is 2.07. The van der Waals surface area contributed by atoms with Crippen molar-refractivity contribution in [3.8, 4) is 0 Å². The van der Waals surface area contributed by atoms with Crippen LogP contribution in [0.15, 0.2) is 24.3 Å². The minimum Gasteiger partial charge on any atom is -0.399 e. The first kappa shape index (κ1) is 15.8. The Morgan fingerprint density at radius 1 is 1.24 bits per heavy atom. The van der Waals surface area contributed by atoms with Crippen LogP contribution in [-0.4, -0.2) is 11.9 Å². The third kappa shape index (κ3) is 5.59. The quantitative estimate of drug-likeness (QED) is 0.813. The van der Waals surface area contributed by atoms with E-state index >= 15 is 0 Å². The largest absolute Gasteiger partial charge is 0.399 e. The summed E-state index contributed by atoms with van der Waals surface area (Å²) >= 11 is 0. The minimum atomic E-state index is 0. The summed E-state index contributed by atoms with van der Waals surface area (Å²) < 4.78 is 0. The Morgan fingerprint density at radius 2 is 1.76 bits per heavy atom. The number of rotatable bonds is 4. The van der Waals surface area contributed by atoms with E-state index in [9.17, 15) is 4.79 Å². The van der Waals surface area contributed by atoms with Crippen LogP contribution in [0.5, 0.6) is 0 Å². The number of carbonyl (C=O) groups is 1. The normalized spacial score (nSPS) is 11.8. The van der Waals surface area contributed by atoms with Crippen LogP contribution in [0, 0.1) is 5.92 Å². The fourth-order valence-corrected chi connectivity index (χ4v) is 1.29. The molecule has 0 saturated heterocycles. The van der Waals surface area contributed by atoms with Gasteiger partial charge in [-0.2, -0.15) is 0 Å². The first-order valence-corrected chi connectivity index (χ1v) is 5.63. The van der Waals surface area contributed by atoms with Gasteiger partial charge in [-0.1, -0.05) is 26.0 Å². The van der Waals surface area contributed by atoms with Crippen LogP contribution in [0.2, 0.25) is 0 Å². The van der Waals surface area contributed by atoms with Crippen molar-refractivity contribution in [2.75, 3.05) is 5.73 Å². The molecule has 0 aliphatic rings. The van der Waals surface area contributed by atoms with Crippen LogP contribution in [-0.2, 0) is 11.2 Å². The third-order valence-electron chi connectivity index (χ3n) is 2.73. The highest BCUT2D eigenvalue weighted by Gasteiger charge is 2.10. The van der Waals surface area contributed by atoms with Gasteiger partial charge in [0.25, 0.3) is 0 Å². The van der Waals surface area contributed by atoms with Crippen molar-refractivity contribution in [3.63, 3.8) is 0 Å². The predicted octanol–water partition coefficient (Wildman–Crippen LogP) is 2.39. The molecule has 0 saturated carbocycles. The molecule has 1 aromatic rings. The second kappa shape index (κ2) is 7.17. The summed E-state index contributed by atoms with van der Waals surface area (Å²) in [6.45, 7) is 6.20. The molecule has 1 unspecified atom stereocenters. The number of halogens is 1. The predicted molar refractivity (Wildman–Crippen MR) is 74.2 cm³/mol. The zero-order valence-electron chi connectivity index (χ0n) is 10.6. The van der Waals surface area contributed by atoms with Crippen molar-refractivity contribution in [2.24, 2.45) is 5.92 Å². The van der Waals surface area contributed by atoms with Crippen LogP contribution in [0.4, 0.5) is 5.69 Å². The Bertz CT molecular complexity index is 349. The lowest BCUT2D eigenvalue weighted by Crippen LogP contribution is -2.37. The Kier molecular flexibility index (Phi) is 6.66. The third-order valence-corrected chi connectivity index (χ3v) is 2.73. The van der Waals surface area contributed by atoms with Crippen molar-refractivity contribution in [1.82, 2.24) is 5.32 Å². The maximum atomic E-state index is 11.7. The molecule has 1 amide bonds. The number of anilines is 1. The van der Waals surface area contributed by atoms with E-state index in [1.807, 2.05) is 31.2 Å². The summed E-state index contributed by atoms with van der Waals surface area (Å²) in [4.78, 5) is 11.7. The van der Waals surface area contributed by atoms with E-state index < -0.39 is 0 Å². The van der Waals surface area contributed by atoms with Crippen molar-refractivity contribution >= 4 is 24.0 Å². The molecule has 0 fully saturated rings. The van der Waals surface area contributed by atoms with Crippen LogP contribution in [0.25, 0.3) is 0 Å². The van der Waals surface area contributed by atoms with E-state index in [1.165, 1.54) is 0 Å². The standard InChI is InChI=1S/C13H20N2O.ClH/c1-9(2)10(3)15-13(16)8-11-4-6-12(14)7-5-11;/h4-7,9-10H,8,14H2,1-3H3,(H,15,16);1H. The molecular weight excluding hydrogens is 236 g/mol. The lowest BCUT2D eigenvalue weighted by molar-refractivity contribution is -0.121. The van der Waals surface area contributed by atoms with Crippen LogP contribution in [0.3, 0.4) is 0 Å². The fourth-order valence-electron chi connectivity index (χ4n) is 1.29. The molecule has 0 radical (unpaired) electrons. The lowest BCUT2D eigenvalue weighted by Gasteiger charge is -2.17.